The Labute approximate surface area is 121 Å². The van der Waals surface area contributed by atoms with Gasteiger partial charge in [0.2, 0.25) is 5.91 Å². The van der Waals surface area contributed by atoms with Crippen LogP contribution >= 0.6 is 0 Å². The van der Waals surface area contributed by atoms with Crippen LogP contribution in [0.1, 0.15) is 39.5 Å². The second kappa shape index (κ2) is 6.75. The van der Waals surface area contributed by atoms with Crippen molar-refractivity contribution < 1.29 is 4.79 Å². The third-order valence-corrected chi connectivity index (χ3v) is 4.19. The summed E-state index contributed by atoms with van der Waals surface area (Å²) in [5.41, 5.74) is 7.17. The Morgan fingerprint density at radius 2 is 2.15 bits per heavy atom. The third-order valence-electron chi connectivity index (χ3n) is 4.19. The highest BCUT2D eigenvalue weighted by molar-refractivity contribution is 5.94. The van der Waals surface area contributed by atoms with Gasteiger partial charge in [0.1, 0.15) is 0 Å². The molecule has 1 fully saturated rings. The number of hydrogen-bond acceptors (Lipinski definition) is 3. The van der Waals surface area contributed by atoms with Gasteiger partial charge in [-0.2, -0.15) is 0 Å². The molecule has 0 heterocycles. The van der Waals surface area contributed by atoms with E-state index in [1.165, 1.54) is 25.7 Å². The van der Waals surface area contributed by atoms with Gasteiger partial charge in [-0.15, -0.1) is 0 Å². The first kappa shape index (κ1) is 14.9. The number of nitrogens with two attached hydrogens (primary N) is 1. The summed E-state index contributed by atoms with van der Waals surface area (Å²) in [5.74, 6) is 0.0457. The normalized spacial score (nSPS) is 17.4. The maximum absolute atomic E-state index is 12.4. The fraction of sp³-hybridized carbons (Fsp3) is 0.562. The van der Waals surface area contributed by atoms with E-state index in [-0.39, 0.29) is 11.9 Å². The van der Waals surface area contributed by atoms with E-state index in [1.807, 2.05) is 25.1 Å². The molecule has 2 rings (SSSR count). The van der Waals surface area contributed by atoms with Crippen molar-refractivity contribution in [2.45, 2.75) is 51.6 Å². The van der Waals surface area contributed by atoms with Gasteiger partial charge in [-0.3, -0.25) is 9.69 Å². The fourth-order valence-electron chi connectivity index (χ4n) is 3.10. The van der Waals surface area contributed by atoms with Crippen LogP contribution in [0.5, 0.6) is 0 Å². The monoisotopic (exact) mass is 275 g/mol. The van der Waals surface area contributed by atoms with E-state index < -0.39 is 0 Å². The molecule has 1 unspecified atom stereocenters. The van der Waals surface area contributed by atoms with Crippen LogP contribution in [0.25, 0.3) is 0 Å². The van der Waals surface area contributed by atoms with Crippen LogP contribution in [0.15, 0.2) is 24.3 Å². The molecule has 110 valence electrons. The topological polar surface area (TPSA) is 58.4 Å². The minimum Gasteiger partial charge on any atom is -0.399 e. The second-order valence-corrected chi connectivity index (χ2v) is 5.56. The highest BCUT2D eigenvalue weighted by Crippen LogP contribution is 2.25. The molecule has 1 aliphatic carbocycles. The Morgan fingerprint density at radius 1 is 1.45 bits per heavy atom. The van der Waals surface area contributed by atoms with Crippen LogP contribution in [0.3, 0.4) is 0 Å². The lowest BCUT2D eigenvalue weighted by Crippen LogP contribution is -2.46. The van der Waals surface area contributed by atoms with Gasteiger partial charge in [0.25, 0.3) is 0 Å². The fourth-order valence-corrected chi connectivity index (χ4v) is 3.10. The lowest BCUT2D eigenvalue weighted by molar-refractivity contribution is -0.121. The number of rotatable bonds is 5. The number of hydrogen-bond donors (Lipinski definition) is 2. The second-order valence-electron chi connectivity index (χ2n) is 5.56. The minimum atomic E-state index is -0.107. The average Bonchev–Trinajstić information content (AvgIpc) is 2.93. The Balaban J connectivity index is 1.99. The number of anilines is 2. The SMILES string of the molecule is CCN(C1CCCC1)C(C)C(=O)Nc1cccc(N)c1. The van der Waals surface area contributed by atoms with Crippen LogP contribution in [0, 0.1) is 0 Å². The van der Waals surface area contributed by atoms with Crippen LogP contribution in [-0.4, -0.2) is 29.4 Å². The van der Waals surface area contributed by atoms with Crippen molar-refractivity contribution in [3.8, 4) is 0 Å². The van der Waals surface area contributed by atoms with Gasteiger partial charge in [-0.25, -0.2) is 0 Å². The molecule has 3 N–H and O–H groups in total. The van der Waals surface area contributed by atoms with Crippen molar-refractivity contribution in [1.29, 1.82) is 0 Å². The Kier molecular flexibility index (Phi) is 5.01. The zero-order valence-corrected chi connectivity index (χ0v) is 12.4. The maximum atomic E-state index is 12.4. The smallest absolute Gasteiger partial charge is 0.241 e. The molecule has 20 heavy (non-hydrogen) atoms. The van der Waals surface area contributed by atoms with Crippen LogP contribution in [0.4, 0.5) is 11.4 Å². The molecule has 0 aromatic heterocycles. The summed E-state index contributed by atoms with van der Waals surface area (Å²) in [6, 6.07) is 7.77. The molecule has 1 aromatic carbocycles. The van der Waals surface area contributed by atoms with Crippen molar-refractivity contribution in [3.63, 3.8) is 0 Å². The molecule has 4 nitrogen and oxygen atoms in total. The molecular formula is C16H25N3O. The first-order valence-corrected chi connectivity index (χ1v) is 7.54. The Hall–Kier alpha value is -1.55. The zero-order chi connectivity index (χ0) is 14.5. The molecule has 1 aromatic rings. The lowest BCUT2D eigenvalue weighted by atomic mass is 10.1. The molecule has 1 atom stereocenters. The number of benzene rings is 1. The quantitative estimate of drug-likeness (QED) is 0.812. The average molecular weight is 275 g/mol. The number of nitrogens with zero attached hydrogens (tertiary/aromatic N) is 1. The minimum absolute atomic E-state index is 0.0457. The first-order valence-electron chi connectivity index (χ1n) is 7.54. The number of nitrogens with one attached hydrogen (secondary N) is 1. The van der Waals surface area contributed by atoms with Crippen molar-refractivity contribution in [2.24, 2.45) is 0 Å². The highest BCUT2D eigenvalue weighted by atomic mass is 16.2. The summed E-state index contributed by atoms with van der Waals surface area (Å²) in [6.07, 6.45) is 4.99. The van der Waals surface area contributed by atoms with Gasteiger partial charge in [0.15, 0.2) is 0 Å². The first-order chi connectivity index (χ1) is 9.61. The van der Waals surface area contributed by atoms with E-state index in [9.17, 15) is 4.79 Å². The number of likely N-dealkylation sites (N-methyl/N-ethyl adjacent to an activating group) is 1. The molecule has 0 aliphatic heterocycles. The van der Waals surface area contributed by atoms with Gasteiger partial charge in [-0.1, -0.05) is 25.8 Å². The molecule has 0 bridgehead atoms. The van der Waals surface area contributed by atoms with E-state index in [4.69, 9.17) is 5.73 Å². The number of amides is 1. The predicted octanol–water partition coefficient (Wildman–Crippen LogP) is 2.86. The summed E-state index contributed by atoms with van der Waals surface area (Å²) in [4.78, 5) is 14.7. The van der Waals surface area contributed by atoms with Crippen LogP contribution in [0.2, 0.25) is 0 Å². The summed E-state index contributed by atoms with van der Waals surface area (Å²) >= 11 is 0. The summed E-state index contributed by atoms with van der Waals surface area (Å²) < 4.78 is 0. The number of carbonyl (C=O) groups excluding carboxylic acids is 1. The van der Waals surface area contributed by atoms with E-state index in [2.05, 4.69) is 17.1 Å². The van der Waals surface area contributed by atoms with Crippen molar-refractivity contribution in [2.75, 3.05) is 17.6 Å². The molecule has 4 heteroatoms. The van der Waals surface area contributed by atoms with Crippen molar-refractivity contribution >= 4 is 17.3 Å². The summed E-state index contributed by atoms with van der Waals surface area (Å²) in [5, 5.41) is 2.96. The van der Waals surface area contributed by atoms with Crippen LogP contribution < -0.4 is 11.1 Å². The molecule has 0 radical (unpaired) electrons. The maximum Gasteiger partial charge on any atom is 0.241 e. The standard InChI is InChI=1S/C16H25N3O/c1-3-19(15-9-4-5-10-15)12(2)16(20)18-14-8-6-7-13(17)11-14/h6-8,11-12,15H,3-5,9-10,17H2,1-2H3,(H,18,20). The summed E-state index contributed by atoms with van der Waals surface area (Å²) in [7, 11) is 0. The van der Waals surface area contributed by atoms with Crippen molar-refractivity contribution in [1.82, 2.24) is 4.90 Å². The number of carbonyl (C=O) groups is 1. The van der Waals surface area contributed by atoms with E-state index in [0.29, 0.717) is 11.7 Å². The molecule has 0 saturated heterocycles. The molecular weight excluding hydrogens is 250 g/mol. The molecule has 1 saturated carbocycles. The molecule has 0 spiro atoms. The number of nitrogen functional groups attached to an aromatic ring is 1. The van der Waals surface area contributed by atoms with Gasteiger partial charge < -0.3 is 11.1 Å². The Morgan fingerprint density at radius 3 is 2.75 bits per heavy atom. The van der Waals surface area contributed by atoms with Gasteiger partial charge in [0, 0.05) is 17.4 Å². The lowest BCUT2D eigenvalue weighted by Gasteiger charge is -2.32. The van der Waals surface area contributed by atoms with E-state index in [1.54, 1.807) is 6.07 Å². The van der Waals surface area contributed by atoms with E-state index in [0.717, 1.165) is 12.2 Å². The van der Waals surface area contributed by atoms with Gasteiger partial charge >= 0.3 is 0 Å². The predicted molar refractivity (Wildman–Crippen MR) is 83.6 cm³/mol. The van der Waals surface area contributed by atoms with Gasteiger partial charge in [-0.05, 0) is 44.5 Å². The zero-order valence-electron chi connectivity index (χ0n) is 12.4. The van der Waals surface area contributed by atoms with Crippen LogP contribution in [-0.2, 0) is 4.79 Å². The van der Waals surface area contributed by atoms with Gasteiger partial charge in [0.05, 0.1) is 6.04 Å². The molecule has 1 amide bonds. The summed E-state index contributed by atoms with van der Waals surface area (Å²) in [6.45, 7) is 5.03. The molecule has 1 aliphatic rings. The van der Waals surface area contributed by atoms with E-state index >= 15 is 0 Å². The largest absolute Gasteiger partial charge is 0.399 e. The van der Waals surface area contributed by atoms with Crippen molar-refractivity contribution in [3.05, 3.63) is 24.3 Å². The highest BCUT2D eigenvalue weighted by Gasteiger charge is 2.28. The third kappa shape index (κ3) is 3.51. The Bertz CT molecular complexity index is 455.